The zero-order valence-electron chi connectivity index (χ0n) is 16.4. The molecular weight excluding hydrogens is 475 g/mol. The van der Waals surface area contributed by atoms with E-state index in [9.17, 15) is 29.7 Å². The molecule has 0 aromatic heterocycles. The van der Waals surface area contributed by atoms with Gasteiger partial charge in [0.15, 0.2) is 0 Å². The third-order valence-electron chi connectivity index (χ3n) is 3.63. The summed E-state index contributed by atoms with van der Waals surface area (Å²) in [6.45, 7) is -0.0502. The Balaban J connectivity index is 0. The van der Waals surface area contributed by atoms with Crippen LogP contribution in [0.25, 0.3) is 0 Å². The largest absolute Gasteiger partial charge is 1.00 e. The number of nitrogens with zero attached hydrogens (tertiary/aromatic N) is 1. The summed E-state index contributed by atoms with van der Waals surface area (Å²) in [6.07, 6.45) is 0. The Labute approximate surface area is 242 Å². The molecule has 0 N–H and O–H groups in total. The van der Waals surface area contributed by atoms with Gasteiger partial charge in [-0.3, -0.25) is 4.90 Å². The first-order valence-corrected chi connectivity index (χ1v) is 8.28. The van der Waals surface area contributed by atoms with E-state index in [2.05, 4.69) is 15.9 Å². The van der Waals surface area contributed by atoms with E-state index in [1.54, 1.807) is 6.07 Å². The van der Waals surface area contributed by atoms with Crippen LogP contribution in [0, 0.1) is 0 Å². The number of halogens is 1. The molecule has 0 aliphatic carbocycles. The van der Waals surface area contributed by atoms with Crippen LogP contribution >= 0.6 is 15.9 Å². The van der Waals surface area contributed by atoms with Gasteiger partial charge in [-0.2, -0.15) is 0 Å². The van der Waals surface area contributed by atoms with Crippen molar-refractivity contribution in [2.24, 2.45) is 0 Å². The summed E-state index contributed by atoms with van der Waals surface area (Å²) in [6, 6.07) is 10.9. The average Bonchev–Trinajstić information content (AvgIpc) is 2.56. The Morgan fingerprint density at radius 3 is 1.93 bits per heavy atom. The molecule has 29 heavy (non-hydrogen) atoms. The number of aliphatic carboxylic acids is 1. The van der Waals surface area contributed by atoms with Crippen molar-refractivity contribution in [3.05, 3.63) is 69.2 Å². The van der Waals surface area contributed by atoms with Crippen molar-refractivity contribution in [3.63, 3.8) is 0 Å². The quantitative estimate of drug-likeness (QED) is 0.338. The Morgan fingerprint density at radius 1 is 0.828 bits per heavy atom. The van der Waals surface area contributed by atoms with Gasteiger partial charge in [-0.05, 0) is 23.3 Å². The van der Waals surface area contributed by atoms with E-state index in [-0.39, 0.29) is 108 Å². The number of carboxylic acids is 3. The zero-order valence-corrected chi connectivity index (χ0v) is 24.0. The molecule has 2 rings (SSSR count). The van der Waals surface area contributed by atoms with Gasteiger partial charge in [-0.1, -0.05) is 46.3 Å². The molecule has 0 radical (unpaired) electrons. The Kier molecular flexibility index (Phi) is 16.4. The number of rotatable bonds is 8. The average molecular weight is 488 g/mol. The molecule has 2 aromatic carbocycles. The molecule has 0 spiro atoms. The van der Waals surface area contributed by atoms with Crippen molar-refractivity contribution < 1.29 is 118 Å². The van der Waals surface area contributed by atoms with Crippen molar-refractivity contribution in [1.82, 2.24) is 4.90 Å². The van der Waals surface area contributed by atoms with Gasteiger partial charge >= 0.3 is 88.7 Å². The van der Waals surface area contributed by atoms with Gasteiger partial charge in [0, 0.05) is 35.2 Å². The van der Waals surface area contributed by atoms with Crippen LogP contribution < -0.4 is 104 Å². The van der Waals surface area contributed by atoms with Crippen LogP contribution in [-0.2, 0) is 17.9 Å². The number of carbonyl (C=O) groups is 3. The second kappa shape index (κ2) is 15.2. The maximum absolute atomic E-state index is 11.2. The summed E-state index contributed by atoms with van der Waals surface area (Å²) in [5.41, 5.74) is 0.241. The summed E-state index contributed by atoms with van der Waals surface area (Å²) in [5.74, 6) is -4.57. The van der Waals surface area contributed by atoms with Crippen LogP contribution in [0.5, 0.6) is 0 Å². The monoisotopic (exact) mass is 487 g/mol. The molecule has 0 heterocycles. The molecule has 0 fully saturated rings. The van der Waals surface area contributed by atoms with Gasteiger partial charge in [0.25, 0.3) is 0 Å². The molecule has 0 saturated heterocycles. The van der Waals surface area contributed by atoms with E-state index in [0.29, 0.717) is 5.56 Å². The minimum atomic E-state index is -1.65. The molecule has 0 unspecified atom stereocenters. The van der Waals surface area contributed by atoms with E-state index in [1.165, 1.54) is 11.0 Å². The molecular formula is C18H13BrNNa3O6. The Hall–Kier alpha value is 0.290. The normalized spacial score (nSPS) is 9.59. The predicted molar refractivity (Wildman–Crippen MR) is 88.4 cm³/mol. The fourth-order valence-corrected chi connectivity index (χ4v) is 2.92. The number of carboxylic acid groups (broad SMARTS) is 3. The maximum Gasteiger partial charge on any atom is 1.00 e. The predicted octanol–water partition coefficient (Wildman–Crippen LogP) is -10.1. The van der Waals surface area contributed by atoms with Crippen LogP contribution in [0.3, 0.4) is 0 Å². The molecule has 0 saturated carbocycles. The van der Waals surface area contributed by atoms with Gasteiger partial charge in [-0.25, -0.2) is 0 Å². The van der Waals surface area contributed by atoms with Crippen LogP contribution in [0.4, 0.5) is 0 Å². The standard InChI is InChI=1S/C18H16BrNO6.3Na/c19-15-4-2-1-3-12(15)9-20(10-16(21)22)8-11-5-6-13(17(23)24)14(7-11)18(25)26;;;/h1-7H,8-10H2,(H,21,22)(H,23,24)(H,25,26);;;/q;3*+1/p-3. The zero-order chi connectivity index (χ0) is 19.3. The third kappa shape index (κ3) is 9.97. The summed E-state index contributed by atoms with van der Waals surface area (Å²) in [7, 11) is 0. The molecule has 0 amide bonds. The first-order chi connectivity index (χ1) is 12.3. The van der Waals surface area contributed by atoms with Gasteiger partial charge in [0.2, 0.25) is 0 Å². The van der Waals surface area contributed by atoms with E-state index in [1.807, 2.05) is 18.2 Å². The second-order valence-electron chi connectivity index (χ2n) is 5.56. The number of hydrogen-bond acceptors (Lipinski definition) is 7. The second-order valence-corrected chi connectivity index (χ2v) is 6.42. The minimum absolute atomic E-state index is 0. The van der Waals surface area contributed by atoms with Crippen LogP contribution in [0.2, 0.25) is 0 Å². The molecule has 0 atom stereocenters. The van der Waals surface area contributed by atoms with Crippen molar-refractivity contribution in [2.75, 3.05) is 6.54 Å². The van der Waals surface area contributed by atoms with E-state index in [0.717, 1.165) is 22.2 Å². The number of benzene rings is 2. The van der Waals surface area contributed by atoms with Crippen LogP contribution in [-0.4, -0.2) is 29.4 Å². The molecule has 136 valence electrons. The molecule has 11 heteroatoms. The summed E-state index contributed by atoms with van der Waals surface area (Å²) in [5, 5.41) is 33.2. The number of aromatic carboxylic acids is 2. The number of carbonyl (C=O) groups excluding carboxylic acids is 3. The summed E-state index contributed by atoms with van der Waals surface area (Å²) < 4.78 is 0.797. The molecule has 0 bridgehead atoms. The van der Waals surface area contributed by atoms with Crippen LogP contribution in [0.15, 0.2) is 46.9 Å². The van der Waals surface area contributed by atoms with Crippen molar-refractivity contribution in [3.8, 4) is 0 Å². The first-order valence-electron chi connectivity index (χ1n) is 7.49. The maximum atomic E-state index is 11.2. The first kappa shape index (κ1) is 31.5. The van der Waals surface area contributed by atoms with E-state index in [4.69, 9.17) is 0 Å². The molecule has 2 aromatic rings. The van der Waals surface area contributed by atoms with Gasteiger partial charge in [0.05, 0.1) is 17.9 Å². The van der Waals surface area contributed by atoms with Gasteiger partial charge in [0.1, 0.15) is 0 Å². The smallest absolute Gasteiger partial charge is 0.549 e. The van der Waals surface area contributed by atoms with E-state index < -0.39 is 29.0 Å². The summed E-state index contributed by atoms with van der Waals surface area (Å²) in [4.78, 5) is 34.7. The number of hydrogen-bond donors (Lipinski definition) is 0. The fraction of sp³-hybridized carbons (Fsp3) is 0.167. The fourth-order valence-electron chi connectivity index (χ4n) is 2.51. The van der Waals surface area contributed by atoms with Crippen molar-refractivity contribution >= 4 is 33.8 Å². The van der Waals surface area contributed by atoms with Gasteiger partial charge in [-0.15, -0.1) is 0 Å². The Morgan fingerprint density at radius 2 is 1.41 bits per heavy atom. The SMILES string of the molecule is O=C([O-])CN(Cc1ccc(C(=O)[O-])c(C(=O)[O-])c1)Cc1ccccc1Br.[Na+].[Na+].[Na+]. The topological polar surface area (TPSA) is 124 Å². The minimum Gasteiger partial charge on any atom is -0.549 e. The van der Waals surface area contributed by atoms with Gasteiger partial charge < -0.3 is 29.7 Å². The summed E-state index contributed by atoms with van der Waals surface area (Å²) >= 11 is 3.38. The molecule has 7 nitrogen and oxygen atoms in total. The van der Waals surface area contributed by atoms with Crippen molar-refractivity contribution in [2.45, 2.75) is 13.1 Å². The van der Waals surface area contributed by atoms with Crippen molar-refractivity contribution in [1.29, 1.82) is 0 Å². The van der Waals surface area contributed by atoms with E-state index >= 15 is 0 Å². The molecule has 0 aliphatic heterocycles. The molecule has 0 aliphatic rings. The Bertz CT molecular complexity index is 865. The van der Waals surface area contributed by atoms with Crippen LogP contribution in [0.1, 0.15) is 31.8 Å². The third-order valence-corrected chi connectivity index (χ3v) is 4.41.